The summed E-state index contributed by atoms with van der Waals surface area (Å²) >= 11 is 0. The van der Waals surface area contributed by atoms with Crippen LogP contribution in [0.4, 0.5) is 11.5 Å². The van der Waals surface area contributed by atoms with Gasteiger partial charge < -0.3 is 10.6 Å². The molecule has 26 heavy (non-hydrogen) atoms. The summed E-state index contributed by atoms with van der Waals surface area (Å²) < 4.78 is 0. The third kappa shape index (κ3) is 4.45. The number of aryl methyl sites for hydroxylation is 3. The molecule has 2 N–H and O–H groups in total. The van der Waals surface area contributed by atoms with Gasteiger partial charge in [0.15, 0.2) is 0 Å². The topological polar surface area (TPSA) is 66.9 Å². The maximum absolute atomic E-state index is 12.5. The molecule has 0 saturated carbocycles. The molecule has 0 spiro atoms. The van der Waals surface area contributed by atoms with Crippen LogP contribution in [-0.4, -0.2) is 15.9 Å². The van der Waals surface area contributed by atoms with Gasteiger partial charge in [0.2, 0.25) is 0 Å². The minimum absolute atomic E-state index is 0.250. The van der Waals surface area contributed by atoms with Gasteiger partial charge in [-0.3, -0.25) is 4.79 Å². The molecule has 0 fully saturated rings. The third-order valence-electron chi connectivity index (χ3n) is 4.14. The standard InChI is InChI=1S/C21H22N4O/c1-14-5-8-17(9-6-14)12-22-20-11-19(23-13-24-20)21(26)25-18-10-15(2)4-7-16(18)3/h4-11,13H,12H2,1-3H3,(H,25,26)(H,22,23,24). The molecule has 0 aliphatic heterocycles. The first-order chi connectivity index (χ1) is 12.5. The van der Waals surface area contributed by atoms with E-state index in [0.717, 1.165) is 22.4 Å². The molecule has 0 saturated heterocycles. The molecule has 1 amide bonds. The molecule has 1 aromatic heterocycles. The van der Waals surface area contributed by atoms with Crippen molar-refractivity contribution in [3.63, 3.8) is 0 Å². The zero-order chi connectivity index (χ0) is 18.5. The Labute approximate surface area is 153 Å². The van der Waals surface area contributed by atoms with Gasteiger partial charge in [-0.25, -0.2) is 9.97 Å². The lowest BCUT2D eigenvalue weighted by Crippen LogP contribution is -2.15. The van der Waals surface area contributed by atoms with Gasteiger partial charge in [0.1, 0.15) is 17.8 Å². The molecule has 0 atom stereocenters. The SMILES string of the molecule is Cc1ccc(CNc2cc(C(=O)Nc3cc(C)ccc3C)ncn2)cc1. The van der Waals surface area contributed by atoms with Crippen LogP contribution in [0.2, 0.25) is 0 Å². The second-order valence-corrected chi connectivity index (χ2v) is 6.40. The van der Waals surface area contributed by atoms with Crippen LogP contribution in [0.15, 0.2) is 54.9 Å². The number of anilines is 2. The fourth-order valence-corrected chi connectivity index (χ4v) is 2.53. The van der Waals surface area contributed by atoms with Gasteiger partial charge in [-0.15, -0.1) is 0 Å². The smallest absolute Gasteiger partial charge is 0.274 e. The number of rotatable bonds is 5. The van der Waals surface area contributed by atoms with Gasteiger partial charge in [0, 0.05) is 18.3 Å². The number of hydrogen-bond donors (Lipinski definition) is 2. The van der Waals surface area contributed by atoms with Gasteiger partial charge in [-0.2, -0.15) is 0 Å². The van der Waals surface area contributed by atoms with E-state index in [1.807, 2.05) is 32.0 Å². The van der Waals surface area contributed by atoms with Crippen LogP contribution in [-0.2, 0) is 6.54 Å². The predicted octanol–water partition coefficient (Wildman–Crippen LogP) is 4.27. The summed E-state index contributed by atoms with van der Waals surface area (Å²) in [6, 6.07) is 15.9. The van der Waals surface area contributed by atoms with Crippen LogP contribution in [0.3, 0.4) is 0 Å². The summed E-state index contributed by atoms with van der Waals surface area (Å²) in [5, 5.41) is 6.15. The first-order valence-corrected chi connectivity index (χ1v) is 8.51. The number of carbonyl (C=O) groups is 1. The lowest BCUT2D eigenvalue weighted by atomic mass is 10.1. The van der Waals surface area contributed by atoms with E-state index in [4.69, 9.17) is 0 Å². The Hall–Kier alpha value is -3.21. The van der Waals surface area contributed by atoms with E-state index in [-0.39, 0.29) is 5.91 Å². The molecule has 0 bridgehead atoms. The molecule has 5 heteroatoms. The number of aromatic nitrogens is 2. The average molecular weight is 346 g/mol. The minimum atomic E-state index is -0.250. The van der Waals surface area contributed by atoms with Crippen molar-refractivity contribution < 1.29 is 4.79 Å². The molecule has 0 aliphatic carbocycles. The number of benzene rings is 2. The monoisotopic (exact) mass is 346 g/mol. The highest BCUT2D eigenvalue weighted by atomic mass is 16.1. The maximum Gasteiger partial charge on any atom is 0.274 e. The fraction of sp³-hybridized carbons (Fsp3) is 0.190. The van der Waals surface area contributed by atoms with E-state index in [2.05, 4.69) is 51.8 Å². The number of amides is 1. The largest absolute Gasteiger partial charge is 0.366 e. The quantitative estimate of drug-likeness (QED) is 0.724. The number of carbonyl (C=O) groups excluding carboxylic acids is 1. The molecule has 0 unspecified atom stereocenters. The van der Waals surface area contributed by atoms with Crippen LogP contribution >= 0.6 is 0 Å². The van der Waals surface area contributed by atoms with Crippen LogP contribution < -0.4 is 10.6 Å². The van der Waals surface area contributed by atoms with E-state index >= 15 is 0 Å². The summed E-state index contributed by atoms with van der Waals surface area (Å²) in [6.45, 7) is 6.65. The highest BCUT2D eigenvalue weighted by molar-refractivity contribution is 6.03. The van der Waals surface area contributed by atoms with E-state index < -0.39 is 0 Å². The second-order valence-electron chi connectivity index (χ2n) is 6.40. The molecule has 0 radical (unpaired) electrons. The zero-order valence-electron chi connectivity index (χ0n) is 15.2. The Morgan fingerprint density at radius 1 is 0.923 bits per heavy atom. The van der Waals surface area contributed by atoms with Gasteiger partial charge in [0.25, 0.3) is 5.91 Å². The minimum Gasteiger partial charge on any atom is -0.366 e. The van der Waals surface area contributed by atoms with Gasteiger partial charge >= 0.3 is 0 Å². The Balaban J connectivity index is 1.69. The molecule has 3 aromatic rings. The van der Waals surface area contributed by atoms with E-state index in [1.165, 1.54) is 11.9 Å². The summed E-state index contributed by atoms with van der Waals surface area (Å²) in [7, 11) is 0. The molecule has 0 aliphatic rings. The highest BCUT2D eigenvalue weighted by Crippen LogP contribution is 2.17. The number of hydrogen-bond acceptors (Lipinski definition) is 4. The van der Waals surface area contributed by atoms with Crippen molar-refractivity contribution >= 4 is 17.4 Å². The van der Waals surface area contributed by atoms with Gasteiger partial charge in [-0.05, 0) is 43.5 Å². The highest BCUT2D eigenvalue weighted by Gasteiger charge is 2.10. The molecule has 5 nitrogen and oxygen atoms in total. The number of nitrogens with zero attached hydrogens (tertiary/aromatic N) is 2. The van der Waals surface area contributed by atoms with Crippen LogP contribution in [0, 0.1) is 20.8 Å². The summed E-state index contributed by atoms with van der Waals surface area (Å²) in [5.41, 5.74) is 5.59. The Morgan fingerprint density at radius 3 is 2.42 bits per heavy atom. The molecule has 2 aromatic carbocycles. The average Bonchev–Trinajstić information content (AvgIpc) is 2.64. The Morgan fingerprint density at radius 2 is 1.65 bits per heavy atom. The van der Waals surface area contributed by atoms with E-state index in [1.54, 1.807) is 6.07 Å². The van der Waals surface area contributed by atoms with Crippen molar-refractivity contribution in [2.75, 3.05) is 10.6 Å². The lowest BCUT2D eigenvalue weighted by molar-refractivity contribution is 0.102. The van der Waals surface area contributed by atoms with Crippen molar-refractivity contribution in [1.29, 1.82) is 0 Å². The summed E-state index contributed by atoms with van der Waals surface area (Å²) in [6.07, 6.45) is 1.40. The normalized spacial score (nSPS) is 10.4. The van der Waals surface area contributed by atoms with E-state index in [9.17, 15) is 4.79 Å². The maximum atomic E-state index is 12.5. The first kappa shape index (κ1) is 17.6. The summed E-state index contributed by atoms with van der Waals surface area (Å²) in [5.74, 6) is 0.367. The third-order valence-corrected chi connectivity index (χ3v) is 4.14. The summed E-state index contributed by atoms with van der Waals surface area (Å²) in [4.78, 5) is 20.8. The van der Waals surface area contributed by atoms with Crippen molar-refractivity contribution in [2.24, 2.45) is 0 Å². The first-order valence-electron chi connectivity index (χ1n) is 8.51. The lowest BCUT2D eigenvalue weighted by Gasteiger charge is -2.10. The molecular formula is C21H22N4O. The molecular weight excluding hydrogens is 324 g/mol. The second kappa shape index (κ2) is 7.78. The molecule has 1 heterocycles. The zero-order valence-corrected chi connectivity index (χ0v) is 15.2. The fourth-order valence-electron chi connectivity index (χ4n) is 2.53. The molecule has 3 rings (SSSR count). The number of nitrogens with one attached hydrogen (secondary N) is 2. The van der Waals surface area contributed by atoms with Crippen molar-refractivity contribution in [3.8, 4) is 0 Å². The molecule has 132 valence electrons. The predicted molar refractivity (Wildman–Crippen MR) is 104 cm³/mol. The van der Waals surface area contributed by atoms with Crippen molar-refractivity contribution in [3.05, 3.63) is 82.8 Å². The Kier molecular flexibility index (Phi) is 5.27. The Bertz CT molecular complexity index is 920. The van der Waals surface area contributed by atoms with E-state index in [0.29, 0.717) is 18.1 Å². The van der Waals surface area contributed by atoms with Crippen molar-refractivity contribution in [2.45, 2.75) is 27.3 Å². The van der Waals surface area contributed by atoms with Crippen LogP contribution in [0.25, 0.3) is 0 Å². The van der Waals surface area contributed by atoms with Crippen LogP contribution in [0.5, 0.6) is 0 Å². The van der Waals surface area contributed by atoms with Crippen molar-refractivity contribution in [1.82, 2.24) is 9.97 Å². The van der Waals surface area contributed by atoms with Gasteiger partial charge in [0.05, 0.1) is 0 Å². The van der Waals surface area contributed by atoms with Crippen LogP contribution in [0.1, 0.15) is 32.7 Å². The van der Waals surface area contributed by atoms with Gasteiger partial charge in [-0.1, -0.05) is 42.0 Å².